The van der Waals surface area contributed by atoms with Crippen LogP contribution in [0, 0.1) is 0 Å². The fourth-order valence-electron chi connectivity index (χ4n) is 5.70. The lowest BCUT2D eigenvalue weighted by molar-refractivity contribution is -0.123. The molecule has 1 unspecified atom stereocenters. The largest absolute Gasteiger partial charge is 0.434 e. The van der Waals surface area contributed by atoms with E-state index in [0.29, 0.717) is 17.5 Å². The fourth-order valence-corrected chi connectivity index (χ4v) is 5.70. The van der Waals surface area contributed by atoms with Crippen LogP contribution in [0.1, 0.15) is 49.7 Å². The Labute approximate surface area is 245 Å². The molecule has 2 atom stereocenters. The number of nitrogens with one attached hydrogen (secondary N) is 1. The van der Waals surface area contributed by atoms with Gasteiger partial charge in [-0.05, 0) is 78.3 Å². The maximum Gasteiger partial charge on any atom is 0.266 e. The molecule has 0 bridgehead atoms. The second-order valence-corrected chi connectivity index (χ2v) is 10.8. The molecule has 0 radical (unpaired) electrons. The van der Waals surface area contributed by atoms with Gasteiger partial charge in [0.2, 0.25) is 11.7 Å². The summed E-state index contributed by atoms with van der Waals surface area (Å²) in [5, 5.41) is 3.05. The summed E-state index contributed by atoms with van der Waals surface area (Å²) in [5.74, 6) is -0.380. The van der Waals surface area contributed by atoms with Crippen LogP contribution in [0.5, 0.6) is 0 Å². The van der Waals surface area contributed by atoms with Crippen LogP contribution < -0.4 is 10.2 Å². The van der Waals surface area contributed by atoms with Crippen molar-refractivity contribution in [3.63, 3.8) is 0 Å². The van der Waals surface area contributed by atoms with Gasteiger partial charge >= 0.3 is 0 Å². The van der Waals surface area contributed by atoms with Crippen LogP contribution in [0.4, 0.5) is 5.69 Å². The minimum Gasteiger partial charge on any atom is -0.434 e. The van der Waals surface area contributed by atoms with Gasteiger partial charge in [-0.3, -0.25) is 14.6 Å². The van der Waals surface area contributed by atoms with Crippen molar-refractivity contribution in [1.29, 1.82) is 0 Å². The molecule has 3 heterocycles. The highest BCUT2D eigenvalue weighted by atomic mass is 16.4. The standard InChI is InChI=1S/C35H34N4O3/c1-2-8-30(33(40)35-38-29-10-3-4-12-32(29)42-35)37-34(41)31-11-5-6-22-39(31)28-19-17-25(18-20-28)24-13-15-26(16-14-24)27-9-7-21-36-23-27/h3-4,7,9-10,12-21,23,30-31H,2,5-6,8,11,22H2,1H3,(H,37,41)/t30-,31?/m0/s1. The molecule has 2 aromatic heterocycles. The van der Waals surface area contributed by atoms with Crippen LogP contribution in [0.3, 0.4) is 0 Å². The van der Waals surface area contributed by atoms with Gasteiger partial charge in [0, 0.05) is 24.6 Å². The van der Waals surface area contributed by atoms with Crippen LogP contribution in [0.2, 0.25) is 0 Å². The third kappa shape index (κ3) is 5.81. The number of Topliss-reactive ketones (excluding diaryl/α,β-unsaturated/α-hetero) is 1. The van der Waals surface area contributed by atoms with Crippen LogP contribution in [-0.4, -0.2) is 40.3 Å². The number of oxazole rings is 1. The van der Waals surface area contributed by atoms with Crippen molar-refractivity contribution in [2.45, 2.75) is 51.1 Å². The number of anilines is 1. The number of hydrogen-bond donors (Lipinski definition) is 1. The highest BCUT2D eigenvalue weighted by Gasteiger charge is 2.33. The zero-order valence-electron chi connectivity index (χ0n) is 23.7. The molecule has 7 heteroatoms. The van der Waals surface area contributed by atoms with E-state index in [1.807, 2.05) is 37.4 Å². The van der Waals surface area contributed by atoms with Gasteiger partial charge in [-0.1, -0.05) is 67.9 Å². The summed E-state index contributed by atoms with van der Waals surface area (Å²) in [6.45, 7) is 2.79. The summed E-state index contributed by atoms with van der Waals surface area (Å²) in [4.78, 5) is 37.8. The van der Waals surface area contributed by atoms with Crippen molar-refractivity contribution >= 4 is 28.5 Å². The molecule has 6 rings (SSSR count). The summed E-state index contributed by atoms with van der Waals surface area (Å²) < 4.78 is 5.73. The van der Waals surface area contributed by atoms with Gasteiger partial charge in [0.05, 0.1) is 6.04 Å². The van der Waals surface area contributed by atoms with E-state index in [1.54, 1.807) is 12.3 Å². The van der Waals surface area contributed by atoms with Gasteiger partial charge in [-0.25, -0.2) is 4.98 Å². The topological polar surface area (TPSA) is 88.3 Å². The number of fused-ring (bicyclic) bond motifs is 1. The summed E-state index contributed by atoms with van der Waals surface area (Å²) in [7, 11) is 0. The first-order chi connectivity index (χ1) is 20.6. The number of para-hydroxylation sites is 2. The zero-order chi connectivity index (χ0) is 28.9. The van der Waals surface area contributed by atoms with Gasteiger partial charge in [-0.2, -0.15) is 0 Å². The Bertz CT molecular complexity index is 1630. The summed E-state index contributed by atoms with van der Waals surface area (Å²) in [6, 6.07) is 27.1. The maximum atomic E-state index is 13.7. The molecule has 3 aromatic carbocycles. The summed E-state index contributed by atoms with van der Waals surface area (Å²) in [6.07, 6.45) is 7.62. The maximum absolute atomic E-state index is 13.7. The quantitative estimate of drug-likeness (QED) is 0.195. The first-order valence-electron chi connectivity index (χ1n) is 14.7. The lowest BCUT2D eigenvalue weighted by Gasteiger charge is -2.37. The lowest BCUT2D eigenvalue weighted by atomic mass is 9.97. The molecular formula is C35H34N4O3. The third-order valence-electron chi connectivity index (χ3n) is 7.93. The molecular weight excluding hydrogens is 524 g/mol. The SMILES string of the molecule is CCC[C@H](NC(=O)C1CCCCN1c1ccc(-c2ccc(-c3cccnc3)cc2)cc1)C(=O)c1nc2ccccc2o1. The van der Waals surface area contributed by atoms with Crippen molar-refractivity contribution in [2.24, 2.45) is 0 Å². The number of aromatic nitrogens is 2. The summed E-state index contributed by atoms with van der Waals surface area (Å²) in [5.41, 5.74) is 6.65. The Kier molecular flexibility index (Phi) is 8.08. The molecule has 1 saturated heterocycles. The Morgan fingerprint density at radius 3 is 2.31 bits per heavy atom. The van der Waals surface area contributed by atoms with Gasteiger partial charge in [0.1, 0.15) is 11.6 Å². The predicted octanol–water partition coefficient (Wildman–Crippen LogP) is 7.08. The second kappa shape index (κ2) is 12.4. The minimum atomic E-state index is -0.684. The van der Waals surface area contributed by atoms with Gasteiger partial charge in [0.25, 0.3) is 5.89 Å². The Morgan fingerprint density at radius 1 is 0.905 bits per heavy atom. The van der Waals surface area contributed by atoms with Crippen molar-refractivity contribution in [2.75, 3.05) is 11.4 Å². The average molecular weight is 559 g/mol. The molecule has 1 fully saturated rings. The molecule has 5 aromatic rings. The van der Waals surface area contributed by atoms with Gasteiger partial charge in [0.15, 0.2) is 5.58 Å². The monoisotopic (exact) mass is 558 g/mol. The average Bonchev–Trinajstić information content (AvgIpc) is 3.49. The Hall–Kier alpha value is -4.78. The smallest absolute Gasteiger partial charge is 0.266 e. The normalized spacial score (nSPS) is 15.8. The van der Waals surface area contributed by atoms with Crippen molar-refractivity contribution < 1.29 is 14.0 Å². The van der Waals surface area contributed by atoms with E-state index in [-0.39, 0.29) is 23.6 Å². The molecule has 0 aliphatic carbocycles. The van der Waals surface area contributed by atoms with Crippen molar-refractivity contribution in [1.82, 2.24) is 15.3 Å². The predicted molar refractivity (Wildman–Crippen MR) is 165 cm³/mol. The first-order valence-corrected chi connectivity index (χ1v) is 14.7. The van der Waals surface area contributed by atoms with E-state index in [0.717, 1.165) is 60.2 Å². The van der Waals surface area contributed by atoms with Crippen molar-refractivity contribution in [3.8, 4) is 22.3 Å². The third-order valence-corrected chi connectivity index (χ3v) is 7.93. The highest BCUT2D eigenvalue weighted by molar-refractivity contribution is 6.01. The lowest BCUT2D eigenvalue weighted by Crippen LogP contribution is -2.53. The number of carbonyl (C=O) groups is 2. The molecule has 1 amide bonds. The molecule has 212 valence electrons. The van der Waals surface area contributed by atoms with E-state index < -0.39 is 6.04 Å². The zero-order valence-corrected chi connectivity index (χ0v) is 23.7. The number of hydrogen-bond acceptors (Lipinski definition) is 6. The fraction of sp³-hybridized carbons (Fsp3) is 0.257. The van der Waals surface area contributed by atoms with E-state index >= 15 is 0 Å². The molecule has 0 spiro atoms. The minimum absolute atomic E-state index is 0.0412. The molecule has 1 N–H and O–H groups in total. The highest BCUT2D eigenvalue weighted by Crippen LogP contribution is 2.30. The van der Waals surface area contributed by atoms with E-state index in [4.69, 9.17) is 4.42 Å². The number of carbonyl (C=O) groups excluding carboxylic acids is 2. The number of piperidine rings is 1. The number of nitrogens with zero attached hydrogens (tertiary/aromatic N) is 3. The molecule has 1 aliphatic heterocycles. The number of rotatable bonds is 9. The Balaban J connectivity index is 1.16. The number of benzene rings is 3. The van der Waals surface area contributed by atoms with E-state index in [9.17, 15) is 9.59 Å². The molecule has 7 nitrogen and oxygen atoms in total. The number of amides is 1. The van der Waals surface area contributed by atoms with Gasteiger partial charge < -0.3 is 14.6 Å². The van der Waals surface area contributed by atoms with E-state index in [2.05, 4.69) is 74.8 Å². The summed E-state index contributed by atoms with van der Waals surface area (Å²) >= 11 is 0. The second-order valence-electron chi connectivity index (χ2n) is 10.8. The molecule has 42 heavy (non-hydrogen) atoms. The van der Waals surface area contributed by atoms with Crippen LogP contribution in [0.25, 0.3) is 33.4 Å². The van der Waals surface area contributed by atoms with Gasteiger partial charge in [-0.15, -0.1) is 0 Å². The number of pyridine rings is 1. The van der Waals surface area contributed by atoms with Crippen molar-refractivity contribution in [3.05, 3.63) is 103 Å². The van der Waals surface area contributed by atoms with Crippen LogP contribution in [0.15, 0.2) is 102 Å². The molecule has 1 aliphatic rings. The number of ketones is 1. The van der Waals surface area contributed by atoms with Crippen LogP contribution >= 0.6 is 0 Å². The van der Waals surface area contributed by atoms with Crippen LogP contribution in [-0.2, 0) is 4.79 Å². The Morgan fingerprint density at radius 2 is 1.62 bits per heavy atom. The molecule has 0 saturated carbocycles. The first kappa shape index (κ1) is 27.4. The van der Waals surface area contributed by atoms with E-state index in [1.165, 1.54) is 0 Å².